The molecule has 0 aromatic heterocycles. The van der Waals surface area contributed by atoms with Gasteiger partial charge < -0.3 is 10.5 Å². The standard InChI is InChI=1S/C13H17F4NO/c1-8(2)7-11(18)9-3-5-10(6-4-9)19-13(16,17)12(14)15/h3-6,8,11-12H,7,18H2,1-2H3/t11-/m1/s1. The predicted molar refractivity (Wildman–Crippen MR) is 64.4 cm³/mol. The Morgan fingerprint density at radius 1 is 1.16 bits per heavy atom. The van der Waals surface area contributed by atoms with E-state index < -0.39 is 12.5 Å². The van der Waals surface area contributed by atoms with Crippen molar-refractivity contribution in [3.63, 3.8) is 0 Å². The van der Waals surface area contributed by atoms with Crippen LogP contribution in [0, 0.1) is 5.92 Å². The molecule has 1 aromatic rings. The normalized spacial score (nSPS) is 13.9. The molecule has 0 aliphatic heterocycles. The maximum Gasteiger partial charge on any atom is 0.461 e. The topological polar surface area (TPSA) is 35.2 Å². The molecule has 1 rings (SSSR count). The van der Waals surface area contributed by atoms with E-state index in [1.807, 2.05) is 13.8 Å². The number of rotatable bonds is 6. The molecule has 1 atom stereocenters. The van der Waals surface area contributed by atoms with Crippen molar-refractivity contribution in [1.29, 1.82) is 0 Å². The summed E-state index contributed by atoms with van der Waals surface area (Å²) in [5.41, 5.74) is 6.66. The van der Waals surface area contributed by atoms with Crippen molar-refractivity contribution in [3.8, 4) is 5.75 Å². The van der Waals surface area contributed by atoms with Gasteiger partial charge >= 0.3 is 12.5 Å². The second kappa shape index (κ2) is 6.23. The molecule has 0 bridgehead atoms. The van der Waals surface area contributed by atoms with E-state index in [2.05, 4.69) is 4.74 Å². The van der Waals surface area contributed by atoms with E-state index in [1.165, 1.54) is 24.3 Å². The Bertz CT molecular complexity index is 392. The van der Waals surface area contributed by atoms with E-state index >= 15 is 0 Å². The minimum atomic E-state index is -4.48. The van der Waals surface area contributed by atoms with Crippen LogP contribution in [0.2, 0.25) is 0 Å². The maximum atomic E-state index is 12.7. The number of hydrogen-bond donors (Lipinski definition) is 1. The van der Waals surface area contributed by atoms with Gasteiger partial charge in [0.1, 0.15) is 5.75 Å². The maximum absolute atomic E-state index is 12.7. The van der Waals surface area contributed by atoms with E-state index in [0.29, 0.717) is 5.92 Å². The fraction of sp³-hybridized carbons (Fsp3) is 0.538. The third-order valence-electron chi connectivity index (χ3n) is 2.54. The first kappa shape index (κ1) is 15.8. The molecule has 6 heteroatoms. The van der Waals surface area contributed by atoms with Gasteiger partial charge in [-0.1, -0.05) is 26.0 Å². The van der Waals surface area contributed by atoms with Crippen molar-refractivity contribution in [2.45, 2.75) is 38.8 Å². The van der Waals surface area contributed by atoms with Crippen LogP contribution in [-0.2, 0) is 0 Å². The number of hydrogen-bond acceptors (Lipinski definition) is 2. The van der Waals surface area contributed by atoms with Crippen LogP contribution in [-0.4, -0.2) is 12.5 Å². The van der Waals surface area contributed by atoms with Gasteiger partial charge in [0.2, 0.25) is 0 Å². The lowest BCUT2D eigenvalue weighted by Crippen LogP contribution is -2.33. The van der Waals surface area contributed by atoms with E-state index in [1.54, 1.807) is 0 Å². The van der Waals surface area contributed by atoms with E-state index in [4.69, 9.17) is 5.73 Å². The summed E-state index contributed by atoms with van der Waals surface area (Å²) in [4.78, 5) is 0. The number of nitrogens with two attached hydrogens (primary N) is 1. The molecule has 0 fully saturated rings. The summed E-state index contributed by atoms with van der Waals surface area (Å²) in [6, 6.07) is 5.22. The predicted octanol–water partition coefficient (Wildman–Crippen LogP) is 3.97. The average Bonchev–Trinajstić information content (AvgIpc) is 2.28. The van der Waals surface area contributed by atoms with Crippen LogP contribution in [0.4, 0.5) is 17.6 Å². The van der Waals surface area contributed by atoms with Crippen LogP contribution in [0.3, 0.4) is 0 Å². The Hall–Kier alpha value is -1.30. The Kier molecular flexibility index (Phi) is 5.17. The second-order valence-electron chi connectivity index (χ2n) is 4.77. The lowest BCUT2D eigenvalue weighted by Gasteiger charge is -2.18. The van der Waals surface area contributed by atoms with Gasteiger partial charge in [0.15, 0.2) is 0 Å². The molecule has 2 nitrogen and oxygen atoms in total. The van der Waals surface area contributed by atoms with E-state index in [0.717, 1.165) is 12.0 Å². The van der Waals surface area contributed by atoms with Crippen molar-refractivity contribution in [3.05, 3.63) is 29.8 Å². The van der Waals surface area contributed by atoms with Crippen LogP contribution < -0.4 is 10.5 Å². The SMILES string of the molecule is CC(C)C[C@@H](N)c1ccc(OC(F)(F)C(F)F)cc1. The number of halogens is 4. The zero-order chi connectivity index (χ0) is 14.6. The summed E-state index contributed by atoms with van der Waals surface area (Å²) in [6.07, 6.45) is -7.61. The number of ether oxygens (including phenoxy) is 1. The zero-order valence-corrected chi connectivity index (χ0v) is 10.7. The first-order valence-corrected chi connectivity index (χ1v) is 5.93. The van der Waals surface area contributed by atoms with Gasteiger partial charge in [0.05, 0.1) is 0 Å². The van der Waals surface area contributed by atoms with E-state index in [-0.39, 0.29) is 11.8 Å². The number of benzene rings is 1. The molecular weight excluding hydrogens is 262 g/mol. The van der Waals surface area contributed by atoms with Crippen molar-refractivity contribution in [2.75, 3.05) is 0 Å². The van der Waals surface area contributed by atoms with Crippen molar-refractivity contribution >= 4 is 0 Å². The van der Waals surface area contributed by atoms with Crippen LogP contribution in [0.5, 0.6) is 5.75 Å². The van der Waals surface area contributed by atoms with Crippen LogP contribution in [0.25, 0.3) is 0 Å². The lowest BCUT2D eigenvalue weighted by molar-refractivity contribution is -0.253. The summed E-state index contributed by atoms with van der Waals surface area (Å²) in [5, 5.41) is 0. The molecule has 19 heavy (non-hydrogen) atoms. The minimum absolute atomic E-state index is 0.218. The highest BCUT2D eigenvalue weighted by Gasteiger charge is 2.43. The largest absolute Gasteiger partial charge is 0.461 e. The molecule has 0 aliphatic carbocycles. The molecule has 0 saturated heterocycles. The monoisotopic (exact) mass is 279 g/mol. The van der Waals surface area contributed by atoms with Gasteiger partial charge in [-0.25, -0.2) is 0 Å². The molecule has 108 valence electrons. The fourth-order valence-corrected chi connectivity index (χ4v) is 1.63. The van der Waals surface area contributed by atoms with Crippen molar-refractivity contribution in [1.82, 2.24) is 0 Å². The van der Waals surface area contributed by atoms with Gasteiger partial charge in [-0.3, -0.25) is 0 Å². The molecular formula is C13H17F4NO. The van der Waals surface area contributed by atoms with Gasteiger partial charge in [-0.05, 0) is 30.0 Å². The molecule has 0 aliphatic rings. The molecule has 0 heterocycles. The Balaban J connectivity index is 2.71. The quantitative estimate of drug-likeness (QED) is 0.800. The summed E-state index contributed by atoms with van der Waals surface area (Å²) in [7, 11) is 0. The first-order valence-electron chi connectivity index (χ1n) is 5.93. The molecule has 0 spiro atoms. The van der Waals surface area contributed by atoms with Crippen molar-refractivity contribution in [2.24, 2.45) is 11.7 Å². The van der Waals surface area contributed by atoms with E-state index in [9.17, 15) is 17.6 Å². The molecule has 2 N–H and O–H groups in total. The van der Waals surface area contributed by atoms with Crippen molar-refractivity contribution < 1.29 is 22.3 Å². The first-order chi connectivity index (χ1) is 8.72. The molecule has 0 saturated carbocycles. The highest BCUT2D eigenvalue weighted by molar-refractivity contribution is 5.29. The summed E-state index contributed by atoms with van der Waals surface area (Å²) >= 11 is 0. The second-order valence-corrected chi connectivity index (χ2v) is 4.77. The van der Waals surface area contributed by atoms with Gasteiger partial charge in [0.25, 0.3) is 0 Å². The lowest BCUT2D eigenvalue weighted by atomic mass is 9.98. The highest BCUT2D eigenvalue weighted by Crippen LogP contribution is 2.28. The van der Waals surface area contributed by atoms with Gasteiger partial charge in [0, 0.05) is 6.04 Å². The van der Waals surface area contributed by atoms with Gasteiger partial charge in [-0.2, -0.15) is 17.6 Å². The molecule has 1 aromatic carbocycles. The minimum Gasteiger partial charge on any atom is -0.428 e. The van der Waals surface area contributed by atoms with Crippen LogP contribution in [0.1, 0.15) is 31.9 Å². The summed E-state index contributed by atoms with van der Waals surface area (Å²) in [6.45, 7) is 4.03. The molecule has 0 unspecified atom stereocenters. The third-order valence-corrected chi connectivity index (χ3v) is 2.54. The third kappa shape index (κ3) is 4.70. The van der Waals surface area contributed by atoms with Crippen LogP contribution in [0.15, 0.2) is 24.3 Å². The molecule has 0 amide bonds. The Morgan fingerprint density at radius 3 is 2.11 bits per heavy atom. The average molecular weight is 279 g/mol. The zero-order valence-electron chi connectivity index (χ0n) is 10.7. The number of alkyl halides is 4. The fourth-order valence-electron chi connectivity index (χ4n) is 1.63. The Labute approximate surface area is 109 Å². The summed E-state index contributed by atoms with van der Waals surface area (Å²) in [5.74, 6) is 0.0832. The molecule has 0 radical (unpaired) electrons. The van der Waals surface area contributed by atoms with Crippen LogP contribution >= 0.6 is 0 Å². The summed E-state index contributed by atoms with van der Waals surface area (Å²) < 4.78 is 53.2. The van der Waals surface area contributed by atoms with Gasteiger partial charge in [-0.15, -0.1) is 0 Å². The smallest absolute Gasteiger partial charge is 0.428 e. The Morgan fingerprint density at radius 2 is 1.68 bits per heavy atom. The highest BCUT2D eigenvalue weighted by atomic mass is 19.3.